The Morgan fingerprint density at radius 3 is 2.50 bits per heavy atom. The van der Waals surface area contributed by atoms with Crippen LogP contribution in [-0.2, 0) is 4.79 Å². The molecule has 2 heterocycles. The first-order chi connectivity index (χ1) is 11.1. The van der Waals surface area contributed by atoms with Gasteiger partial charge in [-0.2, -0.15) is 0 Å². The van der Waals surface area contributed by atoms with Crippen molar-refractivity contribution in [3.8, 4) is 0 Å². The molecular formula is C16H16F4N2O2. The van der Waals surface area contributed by atoms with Crippen LogP contribution in [0, 0.1) is 24.0 Å². The van der Waals surface area contributed by atoms with Gasteiger partial charge in [-0.3, -0.25) is 9.59 Å². The molecule has 2 aliphatic rings. The Morgan fingerprint density at radius 1 is 1.21 bits per heavy atom. The van der Waals surface area contributed by atoms with Gasteiger partial charge in [0.25, 0.3) is 11.8 Å². The highest BCUT2D eigenvalue weighted by Gasteiger charge is 2.55. The van der Waals surface area contributed by atoms with E-state index in [0.717, 1.165) is 11.0 Å². The van der Waals surface area contributed by atoms with Crippen LogP contribution in [0.25, 0.3) is 0 Å². The molecule has 0 bridgehead atoms. The molecule has 3 rings (SSSR count). The van der Waals surface area contributed by atoms with E-state index in [4.69, 9.17) is 0 Å². The zero-order valence-corrected chi connectivity index (χ0v) is 13.0. The van der Waals surface area contributed by atoms with E-state index in [9.17, 15) is 27.2 Å². The van der Waals surface area contributed by atoms with E-state index in [1.807, 2.05) is 0 Å². The van der Waals surface area contributed by atoms with Crippen molar-refractivity contribution in [2.75, 3.05) is 19.6 Å². The number of halogens is 4. The molecule has 2 amide bonds. The molecule has 1 unspecified atom stereocenters. The largest absolute Gasteiger partial charge is 0.356 e. The molecule has 1 spiro atoms. The summed E-state index contributed by atoms with van der Waals surface area (Å²) in [7, 11) is 0. The molecule has 0 aromatic heterocycles. The van der Waals surface area contributed by atoms with Gasteiger partial charge in [0.15, 0.2) is 11.6 Å². The van der Waals surface area contributed by atoms with E-state index in [2.05, 4.69) is 5.32 Å². The van der Waals surface area contributed by atoms with Crippen molar-refractivity contribution in [3.63, 3.8) is 0 Å². The molecule has 4 nitrogen and oxygen atoms in total. The van der Waals surface area contributed by atoms with Crippen LogP contribution in [0.5, 0.6) is 0 Å². The van der Waals surface area contributed by atoms with E-state index in [1.54, 1.807) is 0 Å². The summed E-state index contributed by atoms with van der Waals surface area (Å²) in [5.74, 6) is -6.88. The van der Waals surface area contributed by atoms with Gasteiger partial charge in [-0.25, -0.2) is 17.6 Å². The number of benzene rings is 1. The summed E-state index contributed by atoms with van der Waals surface area (Å²) in [5, 5.41) is 2.53. The van der Waals surface area contributed by atoms with Crippen LogP contribution in [-0.4, -0.2) is 42.3 Å². The van der Waals surface area contributed by atoms with E-state index in [-0.39, 0.29) is 30.6 Å². The van der Waals surface area contributed by atoms with Crippen molar-refractivity contribution in [1.82, 2.24) is 10.2 Å². The molecule has 0 radical (unpaired) electrons. The SMILES string of the molecule is Cc1cc(F)c(F)cc1C(=O)N1CC(F)(F)CC2(CCNC2=O)C1. The third-order valence-electron chi connectivity index (χ3n) is 4.67. The van der Waals surface area contributed by atoms with E-state index in [1.165, 1.54) is 6.92 Å². The average Bonchev–Trinajstić information content (AvgIpc) is 2.80. The Kier molecular flexibility index (Phi) is 3.80. The number of nitrogens with one attached hydrogen (secondary N) is 1. The first-order valence-electron chi connectivity index (χ1n) is 7.55. The van der Waals surface area contributed by atoms with Crippen molar-refractivity contribution in [1.29, 1.82) is 0 Å². The van der Waals surface area contributed by atoms with Gasteiger partial charge >= 0.3 is 0 Å². The molecule has 2 fully saturated rings. The van der Waals surface area contributed by atoms with Gasteiger partial charge in [0.1, 0.15) is 0 Å². The van der Waals surface area contributed by atoms with Crippen LogP contribution in [0.1, 0.15) is 28.8 Å². The Hall–Kier alpha value is -2.12. The first kappa shape index (κ1) is 16.7. The second-order valence-electron chi connectivity index (χ2n) is 6.56. The number of rotatable bonds is 1. The maximum atomic E-state index is 14.1. The van der Waals surface area contributed by atoms with Crippen molar-refractivity contribution < 1.29 is 27.2 Å². The van der Waals surface area contributed by atoms with Gasteiger partial charge in [0, 0.05) is 25.1 Å². The van der Waals surface area contributed by atoms with Crippen LogP contribution in [0.15, 0.2) is 12.1 Å². The normalized spacial score (nSPS) is 25.9. The van der Waals surface area contributed by atoms with E-state index in [0.29, 0.717) is 6.07 Å². The maximum absolute atomic E-state index is 14.1. The minimum Gasteiger partial charge on any atom is -0.356 e. The second kappa shape index (κ2) is 5.46. The topological polar surface area (TPSA) is 49.4 Å². The lowest BCUT2D eigenvalue weighted by molar-refractivity contribution is -0.144. The van der Waals surface area contributed by atoms with E-state index < -0.39 is 47.8 Å². The Balaban J connectivity index is 1.95. The molecule has 1 atom stereocenters. The number of carbonyl (C=O) groups is 2. The molecule has 0 saturated carbocycles. The van der Waals surface area contributed by atoms with Crippen molar-refractivity contribution in [2.24, 2.45) is 5.41 Å². The summed E-state index contributed by atoms with van der Waals surface area (Å²) in [6.07, 6.45) is -0.408. The molecule has 1 aromatic rings. The number of alkyl halides is 2. The van der Waals surface area contributed by atoms with Crippen LogP contribution in [0.3, 0.4) is 0 Å². The minimum absolute atomic E-state index is 0.151. The van der Waals surface area contributed by atoms with Gasteiger partial charge in [-0.1, -0.05) is 0 Å². The first-order valence-corrected chi connectivity index (χ1v) is 7.55. The molecule has 2 aliphatic heterocycles. The predicted octanol–water partition coefficient (Wildman–Crippen LogP) is 2.26. The Bertz CT molecular complexity index is 722. The second-order valence-corrected chi connectivity index (χ2v) is 6.56. The quantitative estimate of drug-likeness (QED) is 0.795. The van der Waals surface area contributed by atoms with Crippen LogP contribution in [0.2, 0.25) is 0 Å². The zero-order valence-electron chi connectivity index (χ0n) is 13.0. The number of piperidine rings is 1. The van der Waals surface area contributed by atoms with Gasteiger partial charge in [0.05, 0.1) is 12.0 Å². The van der Waals surface area contributed by atoms with Gasteiger partial charge in [-0.15, -0.1) is 0 Å². The fourth-order valence-electron chi connectivity index (χ4n) is 3.53. The molecule has 130 valence electrons. The fourth-order valence-corrected chi connectivity index (χ4v) is 3.53. The monoisotopic (exact) mass is 344 g/mol. The summed E-state index contributed by atoms with van der Waals surface area (Å²) in [5.41, 5.74) is -1.36. The lowest BCUT2D eigenvalue weighted by Crippen LogP contribution is -2.57. The lowest BCUT2D eigenvalue weighted by atomic mass is 9.77. The van der Waals surface area contributed by atoms with Crippen molar-refractivity contribution >= 4 is 11.8 Å². The number of nitrogens with zero attached hydrogens (tertiary/aromatic N) is 1. The van der Waals surface area contributed by atoms with Crippen LogP contribution >= 0.6 is 0 Å². The summed E-state index contributed by atoms with van der Waals surface area (Å²) in [6.45, 7) is 0.669. The maximum Gasteiger partial charge on any atom is 0.266 e. The number of hydrogen-bond acceptors (Lipinski definition) is 2. The molecule has 1 aromatic carbocycles. The third kappa shape index (κ3) is 2.74. The number of aryl methyl sites for hydroxylation is 1. The average molecular weight is 344 g/mol. The Morgan fingerprint density at radius 2 is 1.88 bits per heavy atom. The molecule has 24 heavy (non-hydrogen) atoms. The van der Waals surface area contributed by atoms with Gasteiger partial charge in [-0.05, 0) is 31.0 Å². The smallest absolute Gasteiger partial charge is 0.266 e. The summed E-state index contributed by atoms with van der Waals surface area (Å²) < 4.78 is 54.9. The zero-order chi connectivity index (χ0) is 17.7. The van der Waals surface area contributed by atoms with Crippen LogP contribution in [0.4, 0.5) is 17.6 Å². The summed E-state index contributed by atoms with van der Waals surface area (Å²) >= 11 is 0. The van der Waals surface area contributed by atoms with Crippen molar-refractivity contribution in [2.45, 2.75) is 25.7 Å². The molecule has 2 saturated heterocycles. The molecular weight excluding hydrogens is 328 g/mol. The predicted molar refractivity (Wildman–Crippen MR) is 76.6 cm³/mol. The highest BCUT2D eigenvalue weighted by molar-refractivity contribution is 5.96. The minimum atomic E-state index is -3.22. The Labute approximate surface area is 135 Å². The van der Waals surface area contributed by atoms with Gasteiger partial charge < -0.3 is 10.2 Å². The third-order valence-corrected chi connectivity index (χ3v) is 4.67. The highest BCUT2D eigenvalue weighted by atomic mass is 19.3. The molecule has 8 heteroatoms. The van der Waals surface area contributed by atoms with Gasteiger partial charge in [0.2, 0.25) is 5.91 Å². The van der Waals surface area contributed by atoms with Crippen LogP contribution < -0.4 is 5.32 Å². The number of carbonyl (C=O) groups excluding carboxylic acids is 2. The highest BCUT2D eigenvalue weighted by Crippen LogP contribution is 2.43. The number of hydrogen-bond donors (Lipinski definition) is 1. The molecule has 0 aliphatic carbocycles. The van der Waals surface area contributed by atoms with Crippen molar-refractivity contribution in [3.05, 3.63) is 34.9 Å². The standard InChI is InChI=1S/C16H16F4N2O2/c1-9-4-11(17)12(18)5-10(9)13(23)22-7-15(2-3-21-14(15)24)6-16(19,20)8-22/h4-5H,2-3,6-8H2,1H3,(H,21,24). The summed E-state index contributed by atoms with van der Waals surface area (Å²) in [4.78, 5) is 25.5. The van der Waals surface area contributed by atoms with E-state index >= 15 is 0 Å². The lowest BCUT2D eigenvalue weighted by Gasteiger charge is -2.42. The molecule has 1 N–H and O–H groups in total. The fraction of sp³-hybridized carbons (Fsp3) is 0.500. The number of likely N-dealkylation sites (tertiary alicyclic amines) is 1. The summed E-state index contributed by atoms with van der Waals surface area (Å²) in [6, 6.07) is 1.56. The number of amides is 2.